The lowest BCUT2D eigenvalue weighted by Gasteiger charge is -2.45. The lowest BCUT2D eigenvalue weighted by atomic mass is 9.88. The maximum atomic E-state index is 13.0. The van der Waals surface area contributed by atoms with Crippen LogP contribution in [0.4, 0.5) is 0 Å². The highest BCUT2D eigenvalue weighted by Gasteiger charge is 2.47. The van der Waals surface area contributed by atoms with Gasteiger partial charge in [-0.15, -0.1) is 11.3 Å². The summed E-state index contributed by atoms with van der Waals surface area (Å²) in [5.74, 6) is 1.64. The summed E-state index contributed by atoms with van der Waals surface area (Å²) in [6.45, 7) is 3.55. The van der Waals surface area contributed by atoms with Crippen LogP contribution in [-0.4, -0.2) is 51.6 Å². The van der Waals surface area contributed by atoms with Gasteiger partial charge in [-0.1, -0.05) is 12.1 Å². The number of benzene rings is 1. The number of hydrogen-bond acceptors (Lipinski definition) is 7. The molecule has 5 rings (SSSR count). The van der Waals surface area contributed by atoms with Crippen LogP contribution in [0.3, 0.4) is 0 Å². The van der Waals surface area contributed by atoms with E-state index in [0.29, 0.717) is 13.1 Å². The summed E-state index contributed by atoms with van der Waals surface area (Å²) in [7, 11) is 1.64. The van der Waals surface area contributed by atoms with Crippen molar-refractivity contribution < 1.29 is 14.3 Å². The Balaban J connectivity index is 1.24. The Morgan fingerprint density at radius 3 is 2.78 bits per heavy atom. The molecule has 3 aromatic rings. The van der Waals surface area contributed by atoms with E-state index in [1.165, 1.54) is 0 Å². The molecule has 0 bridgehead atoms. The Labute approximate surface area is 191 Å². The van der Waals surface area contributed by atoms with Crippen molar-refractivity contribution in [2.75, 3.05) is 20.2 Å². The van der Waals surface area contributed by atoms with E-state index in [1.54, 1.807) is 24.6 Å². The molecule has 2 aliphatic rings. The van der Waals surface area contributed by atoms with E-state index >= 15 is 0 Å². The Morgan fingerprint density at radius 1 is 1.25 bits per heavy atom. The Hall–Kier alpha value is -2.75. The van der Waals surface area contributed by atoms with E-state index < -0.39 is 11.7 Å². The molecule has 8 nitrogen and oxygen atoms in total. The van der Waals surface area contributed by atoms with Gasteiger partial charge in [0.2, 0.25) is 0 Å². The fourth-order valence-electron chi connectivity index (χ4n) is 4.52. The van der Waals surface area contributed by atoms with Crippen molar-refractivity contribution in [1.82, 2.24) is 24.8 Å². The fourth-order valence-corrected chi connectivity index (χ4v) is 5.17. The third kappa shape index (κ3) is 4.28. The first-order valence-corrected chi connectivity index (χ1v) is 11.7. The molecule has 2 aliphatic heterocycles. The van der Waals surface area contributed by atoms with Gasteiger partial charge in [0.25, 0.3) is 5.91 Å². The molecule has 32 heavy (non-hydrogen) atoms. The predicted octanol–water partition coefficient (Wildman–Crippen LogP) is 2.55. The molecule has 1 atom stereocenters. The average molecular weight is 454 g/mol. The van der Waals surface area contributed by atoms with E-state index in [9.17, 15) is 4.79 Å². The lowest BCUT2D eigenvalue weighted by molar-refractivity contribution is -0.174. The third-order valence-corrected chi connectivity index (χ3v) is 7.04. The number of piperidine rings is 1. The van der Waals surface area contributed by atoms with Crippen molar-refractivity contribution in [2.45, 2.75) is 44.2 Å². The van der Waals surface area contributed by atoms with Crippen molar-refractivity contribution in [3.05, 3.63) is 64.6 Å². The smallest absolute Gasteiger partial charge is 0.251 e. The van der Waals surface area contributed by atoms with Gasteiger partial charge < -0.3 is 19.4 Å². The van der Waals surface area contributed by atoms with Crippen LogP contribution in [0, 0.1) is 0 Å². The SMILES string of the molecule is COc1ccc(CNC(=O)C2Cn3ccnc3C3(CCN(Cc4nccs4)CC3)O2)cc1. The zero-order chi connectivity index (χ0) is 22.0. The van der Waals surface area contributed by atoms with Crippen molar-refractivity contribution >= 4 is 17.2 Å². The largest absolute Gasteiger partial charge is 0.497 e. The molecule has 0 aliphatic carbocycles. The quantitative estimate of drug-likeness (QED) is 0.618. The average Bonchev–Trinajstić information content (AvgIpc) is 3.52. The first-order valence-electron chi connectivity index (χ1n) is 10.9. The number of carbonyl (C=O) groups excluding carboxylic acids is 1. The van der Waals surface area contributed by atoms with Crippen LogP contribution in [0.15, 0.2) is 48.2 Å². The number of carbonyl (C=O) groups is 1. The zero-order valence-electron chi connectivity index (χ0n) is 18.1. The van der Waals surface area contributed by atoms with E-state index in [1.807, 2.05) is 42.0 Å². The van der Waals surface area contributed by atoms with Gasteiger partial charge in [0.1, 0.15) is 22.2 Å². The molecule has 0 radical (unpaired) electrons. The molecular formula is C23H27N5O3S. The van der Waals surface area contributed by atoms with Crippen molar-refractivity contribution in [3.63, 3.8) is 0 Å². The van der Waals surface area contributed by atoms with Crippen molar-refractivity contribution in [3.8, 4) is 5.75 Å². The maximum absolute atomic E-state index is 13.0. The van der Waals surface area contributed by atoms with Crippen LogP contribution < -0.4 is 10.1 Å². The second kappa shape index (κ2) is 9.01. The van der Waals surface area contributed by atoms with Gasteiger partial charge in [0.15, 0.2) is 6.10 Å². The van der Waals surface area contributed by atoms with Gasteiger partial charge in [-0.05, 0) is 30.5 Å². The minimum Gasteiger partial charge on any atom is -0.497 e. The highest BCUT2D eigenvalue weighted by molar-refractivity contribution is 7.09. The van der Waals surface area contributed by atoms with Crippen LogP contribution in [0.5, 0.6) is 5.75 Å². The van der Waals surface area contributed by atoms with Crippen LogP contribution >= 0.6 is 11.3 Å². The fraction of sp³-hybridized carbons (Fsp3) is 0.435. The highest BCUT2D eigenvalue weighted by atomic mass is 32.1. The second-order valence-electron chi connectivity index (χ2n) is 8.27. The summed E-state index contributed by atoms with van der Waals surface area (Å²) in [6.07, 6.45) is 6.67. The number of thiazole rings is 1. The third-order valence-electron chi connectivity index (χ3n) is 6.28. The molecular weight excluding hydrogens is 426 g/mol. The normalized spacial score (nSPS) is 20.1. The molecule has 4 heterocycles. The van der Waals surface area contributed by atoms with Crippen LogP contribution in [0.1, 0.15) is 29.2 Å². The minimum absolute atomic E-state index is 0.0928. The highest BCUT2D eigenvalue weighted by Crippen LogP contribution is 2.40. The van der Waals surface area contributed by atoms with E-state index in [-0.39, 0.29) is 5.91 Å². The summed E-state index contributed by atoms with van der Waals surface area (Å²) in [5.41, 5.74) is 0.493. The number of rotatable bonds is 6. The molecule has 168 valence electrons. The molecule has 1 N–H and O–H groups in total. The molecule has 0 saturated carbocycles. The zero-order valence-corrected chi connectivity index (χ0v) is 18.9. The lowest BCUT2D eigenvalue weighted by Crippen LogP contribution is -2.53. The number of nitrogens with one attached hydrogen (secondary N) is 1. The molecule has 1 fully saturated rings. The molecule has 9 heteroatoms. The topological polar surface area (TPSA) is 81.5 Å². The summed E-state index contributed by atoms with van der Waals surface area (Å²) < 4.78 is 13.8. The molecule has 1 amide bonds. The molecule has 2 aromatic heterocycles. The Kier molecular flexibility index (Phi) is 5.95. The first kappa shape index (κ1) is 21.1. The van der Waals surface area contributed by atoms with Crippen LogP contribution in [0.25, 0.3) is 0 Å². The first-order chi connectivity index (χ1) is 15.6. The Bertz CT molecular complexity index is 1040. The number of nitrogens with zero attached hydrogens (tertiary/aromatic N) is 4. The standard InChI is InChI=1S/C23H27N5O3S/c1-30-18-4-2-17(3-5-18)14-26-21(29)19-15-28-12-8-25-22(28)23(31-19)6-10-27(11-7-23)16-20-24-9-13-32-20/h2-5,8-9,12-13,19H,6-7,10-11,14-16H2,1H3,(H,26,29). The van der Waals surface area contributed by atoms with E-state index in [0.717, 1.165) is 54.6 Å². The molecule has 1 aromatic carbocycles. The number of hydrogen-bond donors (Lipinski definition) is 1. The van der Waals surface area contributed by atoms with Gasteiger partial charge in [-0.3, -0.25) is 9.69 Å². The molecule has 1 spiro atoms. The van der Waals surface area contributed by atoms with Crippen LogP contribution in [-0.2, 0) is 34.8 Å². The predicted molar refractivity (Wildman–Crippen MR) is 120 cm³/mol. The number of amides is 1. The van der Waals surface area contributed by atoms with Gasteiger partial charge in [-0.25, -0.2) is 9.97 Å². The number of fused-ring (bicyclic) bond motifs is 2. The monoisotopic (exact) mass is 453 g/mol. The summed E-state index contributed by atoms with van der Waals surface area (Å²) in [5, 5.41) is 6.17. The van der Waals surface area contributed by atoms with Gasteiger partial charge in [0, 0.05) is 43.6 Å². The van der Waals surface area contributed by atoms with Crippen molar-refractivity contribution in [1.29, 1.82) is 0 Å². The summed E-state index contributed by atoms with van der Waals surface area (Å²) in [4.78, 5) is 24.4. The van der Waals surface area contributed by atoms with Crippen molar-refractivity contribution in [2.24, 2.45) is 0 Å². The maximum Gasteiger partial charge on any atom is 0.251 e. The number of ether oxygens (including phenoxy) is 2. The summed E-state index contributed by atoms with van der Waals surface area (Å²) in [6, 6.07) is 7.69. The van der Waals surface area contributed by atoms with E-state index in [2.05, 4.69) is 24.8 Å². The number of methoxy groups -OCH3 is 1. The van der Waals surface area contributed by atoms with E-state index in [4.69, 9.17) is 9.47 Å². The second-order valence-corrected chi connectivity index (χ2v) is 9.25. The minimum atomic E-state index is -0.541. The number of likely N-dealkylation sites (tertiary alicyclic amines) is 1. The molecule has 1 saturated heterocycles. The molecule has 1 unspecified atom stereocenters. The summed E-state index contributed by atoms with van der Waals surface area (Å²) >= 11 is 1.68. The number of aromatic nitrogens is 3. The van der Waals surface area contributed by atoms with Crippen LogP contribution in [0.2, 0.25) is 0 Å². The number of imidazole rings is 1. The van der Waals surface area contributed by atoms with Gasteiger partial charge in [0.05, 0.1) is 20.2 Å². The van der Waals surface area contributed by atoms with Gasteiger partial charge >= 0.3 is 0 Å². The Morgan fingerprint density at radius 2 is 2.06 bits per heavy atom. The van der Waals surface area contributed by atoms with Gasteiger partial charge in [-0.2, -0.15) is 0 Å².